The van der Waals surface area contributed by atoms with Gasteiger partial charge < -0.3 is 15.0 Å². The van der Waals surface area contributed by atoms with Gasteiger partial charge in [0.2, 0.25) is 0 Å². The average Bonchev–Trinajstić information content (AvgIpc) is 3.08. The number of rotatable bonds is 4. The van der Waals surface area contributed by atoms with E-state index in [1.165, 1.54) is 6.07 Å². The molecule has 2 heterocycles. The molecule has 0 radical (unpaired) electrons. The number of imidazole rings is 1. The maximum atomic E-state index is 13.0. The van der Waals surface area contributed by atoms with E-state index in [4.69, 9.17) is 4.98 Å². The number of hydrogen-bond donors (Lipinski definition) is 2. The summed E-state index contributed by atoms with van der Waals surface area (Å²) in [6.45, 7) is 5.42. The highest BCUT2D eigenvalue weighted by Crippen LogP contribution is 2.38. The highest BCUT2D eigenvalue weighted by Gasteiger charge is 2.33. The standard InChI is InChI=1S/C25H29F3N4O2/c1-14-8-10-15(11-9-14)22-30-19-12-16(24(2,3)34)18(13-20(19)32(22)4)31-23(33)17-6-5-7-21(29-17)25(26,27)28/h5-7,12-15,34H,8-11H2,1-4H3,(H,31,33)/t14-,15-. The number of alkyl halides is 3. The summed E-state index contributed by atoms with van der Waals surface area (Å²) in [5.41, 5.74) is -0.638. The Balaban J connectivity index is 1.73. The van der Waals surface area contributed by atoms with E-state index in [0.717, 1.165) is 49.2 Å². The summed E-state index contributed by atoms with van der Waals surface area (Å²) in [7, 11) is 1.92. The summed E-state index contributed by atoms with van der Waals surface area (Å²) in [4.78, 5) is 21.2. The van der Waals surface area contributed by atoms with Gasteiger partial charge in [-0.3, -0.25) is 4.79 Å². The smallest absolute Gasteiger partial charge is 0.386 e. The summed E-state index contributed by atoms with van der Waals surface area (Å²) in [5, 5.41) is 13.4. The summed E-state index contributed by atoms with van der Waals surface area (Å²) in [6, 6.07) is 6.63. The van der Waals surface area contributed by atoms with E-state index in [9.17, 15) is 23.1 Å². The summed E-state index contributed by atoms with van der Waals surface area (Å²) >= 11 is 0. The number of carbonyl (C=O) groups is 1. The Hall–Kier alpha value is -2.94. The number of nitrogens with zero attached hydrogens (tertiary/aromatic N) is 3. The lowest BCUT2D eigenvalue weighted by Crippen LogP contribution is -2.22. The first-order valence-corrected chi connectivity index (χ1v) is 11.4. The zero-order valence-corrected chi connectivity index (χ0v) is 19.7. The SMILES string of the molecule is Cn1c2cc(NC(=O)c3cccc(C(F)(F)F)n3)c(C(C)(C)O)cc2nc1[C@H]1CC[C@H](C)CC1. The molecule has 1 aliphatic carbocycles. The first kappa shape index (κ1) is 24.2. The third kappa shape index (κ3) is 4.80. The van der Waals surface area contributed by atoms with Gasteiger partial charge in [0.25, 0.3) is 5.91 Å². The molecule has 0 atom stereocenters. The first-order chi connectivity index (χ1) is 15.8. The number of amides is 1. The maximum absolute atomic E-state index is 13.0. The molecule has 0 bridgehead atoms. The van der Waals surface area contributed by atoms with Crippen molar-refractivity contribution in [2.24, 2.45) is 13.0 Å². The lowest BCUT2D eigenvalue weighted by Gasteiger charge is -2.25. The zero-order chi connectivity index (χ0) is 24.8. The Morgan fingerprint density at radius 3 is 2.41 bits per heavy atom. The zero-order valence-electron chi connectivity index (χ0n) is 19.7. The van der Waals surface area contributed by atoms with Gasteiger partial charge in [0.05, 0.1) is 16.6 Å². The molecular weight excluding hydrogens is 445 g/mol. The molecule has 9 heteroatoms. The largest absolute Gasteiger partial charge is 0.433 e. The van der Waals surface area contributed by atoms with Crippen LogP contribution in [0.2, 0.25) is 0 Å². The molecule has 182 valence electrons. The van der Waals surface area contributed by atoms with Crippen LogP contribution in [0.3, 0.4) is 0 Å². The molecule has 2 aromatic heterocycles. The lowest BCUT2D eigenvalue weighted by molar-refractivity contribution is -0.141. The molecule has 6 nitrogen and oxygen atoms in total. The first-order valence-electron chi connectivity index (χ1n) is 11.4. The van der Waals surface area contributed by atoms with Gasteiger partial charge in [0.1, 0.15) is 17.2 Å². The van der Waals surface area contributed by atoms with Crippen molar-refractivity contribution in [2.45, 2.75) is 64.1 Å². The summed E-state index contributed by atoms with van der Waals surface area (Å²) in [5.74, 6) is 1.22. The predicted octanol–water partition coefficient (Wildman–Crippen LogP) is 5.76. The molecule has 0 unspecified atom stereocenters. The second-order valence-corrected chi connectivity index (χ2v) is 9.79. The Kier molecular flexibility index (Phi) is 6.18. The van der Waals surface area contributed by atoms with Gasteiger partial charge in [-0.2, -0.15) is 13.2 Å². The Bertz CT molecular complexity index is 1220. The molecule has 34 heavy (non-hydrogen) atoms. The van der Waals surface area contributed by atoms with Crippen molar-refractivity contribution in [3.05, 3.63) is 53.1 Å². The molecule has 0 spiro atoms. The van der Waals surface area contributed by atoms with E-state index in [1.807, 2.05) is 11.6 Å². The number of pyridine rings is 1. The van der Waals surface area contributed by atoms with Crippen LogP contribution in [0.1, 0.15) is 79.9 Å². The van der Waals surface area contributed by atoms with Crippen LogP contribution in [0.15, 0.2) is 30.3 Å². The number of benzene rings is 1. The number of anilines is 1. The third-order valence-electron chi connectivity index (χ3n) is 6.62. The van der Waals surface area contributed by atoms with Crippen LogP contribution in [-0.2, 0) is 18.8 Å². The molecule has 4 rings (SSSR count). The molecule has 1 amide bonds. The fourth-order valence-electron chi connectivity index (χ4n) is 4.66. The molecule has 0 aliphatic heterocycles. The van der Waals surface area contributed by atoms with Crippen LogP contribution >= 0.6 is 0 Å². The maximum Gasteiger partial charge on any atom is 0.433 e. The quantitative estimate of drug-likeness (QED) is 0.504. The Morgan fingerprint density at radius 1 is 1.12 bits per heavy atom. The van der Waals surface area contributed by atoms with Crippen molar-refractivity contribution < 1.29 is 23.1 Å². The normalized spacial score (nSPS) is 19.4. The van der Waals surface area contributed by atoms with Crippen molar-refractivity contribution in [1.82, 2.24) is 14.5 Å². The highest BCUT2D eigenvalue weighted by atomic mass is 19.4. The fraction of sp³-hybridized carbons (Fsp3) is 0.480. The van der Waals surface area contributed by atoms with Crippen molar-refractivity contribution >= 4 is 22.6 Å². The number of aromatic nitrogens is 3. The number of aryl methyl sites for hydroxylation is 1. The highest BCUT2D eigenvalue weighted by molar-refractivity contribution is 6.04. The lowest BCUT2D eigenvalue weighted by atomic mass is 9.82. The van der Waals surface area contributed by atoms with Crippen LogP contribution in [0.5, 0.6) is 0 Å². The van der Waals surface area contributed by atoms with Gasteiger partial charge >= 0.3 is 6.18 Å². The van der Waals surface area contributed by atoms with Crippen molar-refractivity contribution in [1.29, 1.82) is 0 Å². The van der Waals surface area contributed by atoms with E-state index in [0.29, 0.717) is 28.6 Å². The number of nitrogens with one attached hydrogen (secondary N) is 1. The summed E-state index contributed by atoms with van der Waals surface area (Å²) in [6.07, 6.45) is -0.249. The minimum atomic E-state index is -4.66. The molecule has 0 saturated heterocycles. The molecule has 1 aromatic carbocycles. The Labute approximate surface area is 196 Å². The molecule has 1 fully saturated rings. The van der Waals surface area contributed by atoms with Gasteiger partial charge in [0.15, 0.2) is 0 Å². The number of fused-ring (bicyclic) bond motifs is 1. The van der Waals surface area contributed by atoms with E-state index >= 15 is 0 Å². The van der Waals surface area contributed by atoms with E-state index in [2.05, 4.69) is 17.2 Å². The average molecular weight is 475 g/mol. The molecule has 1 saturated carbocycles. The molecule has 2 N–H and O–H groups in total. The number of aliphatic hydroxyl groups is 1. The van der Waals surface area contributed by atoms with Crippen LogP contribution in [0.25, 0.3) is 11.0 Å². The minimum Gasteiger partial charge on any atom is -0.386 e. The minimum absolute atomic E-state index is 0.302. The molecular formula is C25H29F3N4O2. The van der Waals surface area contributed by atoms with Crippen molar-refractivity contribution in [3.8, 4) is 0 Å². The van der Waals surface area contributed by atoms with E-state index in [1.54, 1.807) is 26.0 Å². The van der Waals surface area contributed by atoms with Gasteiger partial charge in [-0.1, -0.05) is 25.8 Å². The van der Waals surface area contributed by atoms with Crippen molar-refractivity contribution in [2.75, 3.05) is 5.32 Å². The molecule has 1 aliphatic rings. The van der Waals surface area contributed by atoms with Gasteiger partial charge in [0, 0.05) is 24.2 Å². The van der Waals surface area contributed by atoms with E-state index in [-0.39, 0.29) is 5.69 Å². The number of hydrogen-bond acceptors (Lipinski definition) is 4. The number of halogens is 3. The molecule has 3 aromatic rings. The second-order valence-electron chi connectivity index (χ2n) is 9.79. The topological polar surface area (TPSA) is 80.0 Å². The van der Waals surface area contributed by atoms with Crippen molar-refractivity contribution in [3.63, 3.8) is 0 Å². The third-order valence-corrected chi connectivity index (χ3v) is 6.62. The van der Waals surface area contributed by atoms with Gasteiger partial charge in [-0.15, -0.1) is 0 Å². The van der Waals surface area contributed by atoms with Crippen LogP contribution in [0.4, 0.5) is 18.9 Å². The van der Waals surface area contributed by atoms with Gasteiger partial charge in [-0.05, 0) is 56.9 Å². The number of carbonyl (C=O) groups excluding carboxylic acids is 1. The van der Waals surface area contributed by atoms with E-state index < -0.39 is 23.4 Å². The second kappa shape index (κ2) is 8.69. The monoisotopic (exact) mass is 474 g/mol. The van der Waals surface area contributed by atoms with Crippen LogP contribution in [-0.4, -0.2) is 25.5 Å². The fourth-order valence-corrected chi connectivity index (χ4v) is 4.66. The van der Waals surface area contributed by atoms with Gasteiger partial charge in [-0.25, -0.2) is 9.97 Å². The van der Waals surface area contributed by atoms with Crippen LogP contribution < -0.4 is 5.32 Å². The van der Waals surface area contributed by atoms with Crippen LogP contribution in [0, 0.1) is 5.92 Å². The predicted molar refractivity (Wildman–Crippen MR) is 124 cm³/mol. The Morgan fingerprint density at radius 2 is 1.79 bits per heavy atom. The summed E-state index contributed by atoms with van der Waals surface area (Å²) < 4.78 is 41.1.